The highest BCUT2D eigenvalue weighted by atomic mass is 19.1. The summed E-state index contributed by atoms with van der Waals surface area (Å²) in [5, 5.41) is 12.3. The smallest absolute Gasteiger partial charge is 0.165 e. The lowest BCUT2D eigenvalue weighted by atomic mass is 10.1. The second kappa shape index (κ2) is 5.60. The molecule has 0 amide bonds. The van der Waals surface area contributed by atoms with Crippen molar-refractivity contribution in [1.82, 2.24) is 10.3 Å². The summed E-state index contributed by atoms with van der Waals surface area (Å²) < 4.78 is 13.1. The van der Waals surface area contributed by atoms with Crippen molar-refractivity contribution in [3.63, 3.8) is 0 Å². The number of phenols is 1. The molecule has 0 saturated heterocycles. The van der Waals surface area contributed by atoms with Crippen LogP contribution in [-0.2, 0) is 6.54 Å². The maximum atomic E-state index is 13.1. The highest BCUT2D eigenvalue weighted by molar-refractivity contribution is 5.28. The minimum absolute atomic E-state index is 0.0862. The average Bonchev–Trinajstić information content (AvgIpc) is 2.41. The van der Waals surface area contributed by atoms with Crippen molar-refractivity contribution >= 4 is 0 Å². The molecule has 2 N–H and O–H groups in total. The molecule has 0 aliphatic carbocycles. The zero-order valence-electron chi connectivity index (χ0n) is 10.1. The Kier molecular flexibility index (Phi) is 3.89. The number of aromatic nitrogens is 1. The van der Waals surface area contributed by atoms with Gasteiger partial charge in [-0.05, 0) is 36.8 Å². The fourth-order valence-electron chi connectivity index (χ4n) is 1.67. The monoisotopic (exact) mass is 246 g/mol. The van der Waals surface area contributed by atoms with E-state index in [1.165, 1.54) is 12.1 Å². The first-order valence-corrected chi connectivity index (χ1v) is 5.78. The lowest BCUT2D eigenvalue weighted by Gasteiger charge is -2.13. The number of phenolic OH excluding ortho intramolecular Hbond substituents is 1. The van der Waals surface area contributed by atoms with E-state index in [-0.39, 0.29) is 11.8 Å². The Balaban J connectivity index is 1.97. The predicted octanol–water partition coefficient (Wildman–Crippen LogP) is 2.78. The van der Waals surface area contributed by atoms with Crippen molar-refractivity contribution in [3.8, 4) is 5.75 Å². The highest BCUT2D eigenvalue weighted by Gasteiger charge is 2.06. The van der Waals surface area contributed by atoms with Gasteiger partial charge in [0.05, 0.1) is 5.69 Å². The first-order chi connectivity index (χ1) is 8.66. The third-order valence-corrected chi connectivity index (χ3v) is 2.76. The van der Waals surface area contributed by atoms with Gasteiger partial charge in [-0.25, -0.2) is 4.39 Å². The molecule has 0 spiro atoms. The minimum atomic E-state index is -0.597. The normalized spacial score (nSPS) is 12.3. The van der Waals surface area contributed by atoms with Crippen LogP contribution in [-0.4, -0.2) is 10.1 Å². The fraction of sp³-hybridized carbons (Fsp3) is 0.214. The molecular weight excluding hydrogens is 231 g/mol. The Hall–Kier alpha value is -1.94. The van der Waals surface area contributed by atoms with Gasteiger partial charge >= 0.3 is 0 Å². The summed E-state index contributed by atoms with van der Waals surface area (Å²) in [4.78, 5) is 4.25. The van der Waals surface area contributed by atoms with Gasteiger partial charge in [-0.2, -0.15) is 0 Å². The van der Waals surface area contributed by atoms with Gasteiger partial charge in [0, 0.05) is 18.8 Å². The van der Waals surface area contributed by atoms with Gasteiger partial charge < -0.3 is 10.4 Å². The number of hydrogen-bond acceptors (Lipinski definition) is 3. The molecule has 0 fully saturated rings. The average molecular weight is 246 g/mol. The van der Waals surface area contributed by atoms with Gasteiger partial charge in [0.1, 0.15) is 0 Å². The SMILES string of the molecule is CC(NCc1ccc(O)c(F)c1)c1ccccn1. The largest absolute Gasteiger partial charge is 0.505 e. The molecule has 4 heteroatoms. The maximum Gasteiger partial charge on any atom is 0.165 e. The van der Waals surface area contributed by atoms with Crippen LogP contribution >= 0.6 is 0 Å². The number of nitrogens with one attached hydrogen (secondary N) is 1. The molecule has 2 rings (SSSR count). The Labute approximate surface area is 105 Å². The van der Waals surface area contributed by atoms with E-state index in [1.54, 1.807) is 12.3 Å². The molecule has 18 heavy (non-hydrogen) atoms. The summed E-state index contributed by atoms with van der Waals surface area (Å²) in [6.45, 7) is 2.52. The van der Waals surface area contributed by atoms with Crippen molar-refractivity contribution in [2.45, 2.75) is 19.5 Å². The number of benzene rings is 1. The van der Waals surface area contributed by atoms with Crippen LogP contribution in [0.5, 0.6) is 5.75 Å². The van der Waals surface area contributed by atoms with Gasteiger partial charge in [-0.3, -0.25) is 4.98 Å². The molecule has 2 aromatic rings. The quantitative estimate of drug-likeness (QED) is 0.872. The summed E-state index contributed by atoms with van der Waals surface area (Å²) in [6.07, 6.45) is 1.74. The zero-order chi connectivity index (χ0) is 13.0. The van der Waals surface area contributed by atoms with E-state index in [2.05, 4.69) is 10.3 Å². The molecule has 1 heterocycles. The molecule has 1 aromatic heterocycles. The highest BCUT2D eigenvalue weighted by Crippen LogP contribution is 2.17. The van der Waals surface area contributed by atoms with Crippen LogP contribution in [0.15, 0.2) is 42.6 Å². The van der Waals surface area contributed by atoms with Crippen molar-refractivity contribution in [2.75, 3.05) is 0 Å². The number of hydrogen-bond donors (Lipinski definition) is 2. The molecule has 0 aliphatic heterocycles. The number of halogens is 1. The molecule has 0 radical (unpaired) electrons. The van der Waals surface area contributed by atoms with Crippen molar-refractivity contribution in [3.05, 3.63) is 59.7 Å². The van der Waals surface area contributed by atoms with Crippen molar-refractivity contribution < 1.29 is 9.50 Å². The van der Waals surface area contributed by atoms with Gasteiger partial charge in [0.15, 0.2) is 11.6 Å². The number of nitrogens with zero attached hydrogens (tertiary/aromatic N) is 1. The standard InChI is InChI=1S/C14H15FN2O/c1-10(13-4-2-3-7-16-13)17-9-11-5-6-14(18)12(15)8-11/h2-8,10,17-18H,9H2,1H3. The van der Waals surface area contributed by atoms with Crippen LogP contribution in [0, 0.1) is 5.82 Å². The summed E-state index contributed by atoms with van der Waals surface area (Å²) in [5.74, 6) is -0.920. The Morgan fingerprint density at radius 1 is 1.33 bits per heavy atom. The van der Waals surface area contributed by atoms with Crippen molar-refractivity contribution in [1.29, 1.82) is 0 Å². The van der Waals surface area contributed by atoms with Crippen LogP contribution in [0.2, 0.25) is 0 Å². The molecule has 0 saturated carbocycles. The first kappa shape index (κ1) is 12.5. The van der Waals surface area contributed by atoms with Crippen LogP contribution in [0.3, 0.4) is 0 Å². The van der Waals surface area contributed by atoms with Crippen molar-refractivity contribution in [2.24, 2.45) is 0 Å². The first-order valence-electron chi connectivity index (χ1n) is 5.78. The van der Waals surface area contributed by atoms with Gasteiger partial charge in [0.2, 0.25) is 0 Å². The molecule has 3 nitrogen and oxygen atoms in total. The van der Waals surface area contributed by atoms with Gasteiger partial charge in [-0.1, -0.05) is 12.1 Å². The number of aromatic hydroxyl groups is 1. The summed E-state index contributed by atoms with van der Waals surface area (Å²) in [7, 11) is 0. The zero-order valence-corrected chi connectivity index (χ0v) is 10.1. The topological polar surface area (TPSA) is 45.1 Å². The summed E-state index contributed by atoms with van der Waals surface area (Å²) in [5.41, 5.74) is 1.73. The predicted molar refractivity (Wildman–Crippen MR) is 67.6 cm³/mol. The molecular formula is C14H15FN2O. The summed E-state index contributed by atoms with van der Waals surface area (Å²) in [6, 6.07) is 10.2. The molecule has 1 aromatic carbocycles. The van der Waals surface area contributed by atoms with Gasteiger partial charge in [-0.15, -0.1) is 0 Å². The Bertz CT molecular complexity index is 516. The van der Waals surface area contributed by atoms with E-state index in [9.17, 15) is 4.39 Å². The van der Waals surface area contributed by atoms with E-state index < -0.39 is 5.82 Å². The third kappa shape index (κ3) is 3.05. The third-order valence-electron chi connectivity index (χ3n) is 2.76. The minimum Gasteiger partial charge on any atom is -0.505 e. The molecule has 1 unspecified atom stereocenters. The van der Waals surface area contributed by atoms with Crippen LogP contribution in [0.25, 0.3) is 0 Å². The molecule has 94 valence electrons. The number of pyridine rings is 1. The van der Waals surface area contributed by atoms with Gasteiger partial charge in [0.25, 0.3) is 0 Å². The Morgan fingerprint density at radius 3 is 2.83 bits per heavy atom. The maximum absolute atomic E-state index is 13.1. The van der Waals surface area contributed by atoms with Crippen LogP contribution in [0.1, 0.15) is 24.2 Å². The fourth-order valence-corrected chi connectivity index (χ4v) is 1.67. The lowest BCUT2D eigenvalue weighted by Crippen LogP contribution is -2.19. The molecule has 0 aliphatic rings. The second-order valence-electron chi connectivity index (χ2n) is 4.14. The Morgan fingerprint density at radius 2 is 2.17 bits per heavy atom. The molecule has 1 atom stereocenters. The van der Waals surface area contributed by atoms with E-state index in [4.69, 9.17) is 5.11 Å². The van der Waals surface area contributed by atoms with E-state index in [1.807, 2.05) is 25.1 Å². The number of rotatable bonds is 4. The van der Waals surface area contributed by atoms with Crippen LogP contribution in [0.4, 0.5) is 4.39 Å². The second-order valence-corrected chi connectivity index (χ2v) is 4.14. The van der Waals surface area contributed by atoms with E-state index in [0.29, 0.717) is 6.54 Å². The lowest BCUT2D eigenvalue weighted by molar-refractivity contribution is 0.431. The van der Waals surface area contributed by atoms with Crippen LogP contribution < -0.4 is 5.32 Å². The van der Waals surface area contributed by atoms with E-state index >= 15 is 0 Å². The molecule has 0 bridgehead atoms. The summed E-state index contributed by atoms with van der Waals surface area (Å²) >= 11 is 0. The van der Waals surface area contributed by atoms with E-state index in [0.717, 1.165) is 11.3 Å².